The molecule has 2 N–H and O–H groups in total. The molecule has 4 aromatic rings. The topological polar surface area (TPSA) is 118 Å². The summed E-state index contributed by atoms with van der Waals surface area (Å²) in [5.74, 6) is 1.60. The van der Waals surface area contributed by atoms with Crippen LogP contribution in [0, 0.1) is 16.7 Å². The molecule has 4 aromatic heterocycles. The van der Waals surface area contributed by atoms with Crippen molar-refractivity contribution in [3.05, 3.63) is 83.6 Å². The number of piperidine rings is 1. The number of nitrogens with one attached hydrogen (secondary N) is 2. The molecule has 10 heteroatoms. The van der Waals surface area contributed by atoms with Crippen molar-refractivity contribution >= 4 is 17.0 Å². The third-order valence-electron chi connectivity index (χ3n) is 8.44. The predicted octanol–water partition coefficient (Wildman–Crippen LogP) is 3.77. The maximum Gasteiger partial charge on any atom is 0.212 e. The molecule has 8 heterocycles. The maximum atomic E-state index is 9.75. The third kappa shape index (κ3) is 4.68. The van der Waals surface area contributed by atoms with Gasteiger partial charge < -0.3 is 20.4 Å². The Hall–Kier alpha value is -4.75. The smallest absolute Gasteiger partial charge is 0.212 e. The minimum atomic E-state index is 0.415. The summed E-state index contributed by atoms with van der Waals surface area (Å²) in [7, 11) is 1.63. The van der Waals surface area contributed by atoms with E-state index in [-0.39, 0.29) is 0 Å². The highest BCUT2D eigenvalue weighted by atomic mass is 16.5. The Morgan fingerprint density at radius 3 is 2.73 bits per heavy atom. The number of anilines is 1. The minimum Gasteiger partial charge on any atom is -0.481 e. The Morgan fingerprint density at radius 1 is 1.17 bits per heavy atom. The van der Waals surface area contributed by atoms with E-state index in [1.165, 1.54) is 12.0 Å². The largest absolute Gasteiger partial charge is 0.481 e. The lowest BCUT2D eigenvalue weighted by molar-refractivity contribution is -0.00876. The van der Waals surface area contributed by atoms with Crippen LogP contribution in [-0.4, -0.2) is 69.0 Å². The minimum absolute atomic E-state index is 0.415. The van der Waals surface area contributed by atoms with Crippen molar-refractivity contribution in [3.8, 4) is 23.1 Å². The van der Waals surface area contributed by atoms with E-state index < -0.39 is 0 Å². The van der Waals surface area contributed by atoms with Crippen LogP contribution in [0.15, 0.2) is 66.9 Å². The Bertz CT molecular complexity index is 1660. The number of hydrogen-bond donors (Lipinski definition) is 2. The first-order valence-corrected chi connectivity index (χ1v) is 14.0. The van der Waals surface area contributed by atoms with Crippen molar-refractivity contribution in [1.29, 1.82) is 10.7 Å². The SMILES string of the molecule is COc1ccc(CN2C3CC2CN(c2ccc(-c4cc(C(=N)/C=C5/CCCN5)cn5ncc(C#N)c45)cn2)C3)cn1. The summed E-state index contributed by atoms with van der Waals surface area (Å²) in [6.07, 6.45) is 12.3. The van der Waals surface area contributed by atoms with Gasteiger partial charge in [0, 0.05) is 85.3 Å². The van der Waals surface area contributed by atoms with Crippen molar-refractivity contribution in [2.45, 2.75) is 37.9 Å². The van der Waals surface area contributed by atoms with E-state index >= 15 is 0 Å². The highest BCUT2D eigenvalue weighted by Gasteiger charge is 2.44. The predicted molar refractivity (Wildman–Crippen MR) is 156 cm³/mol. The van der Waals surface area contributed by atoms with Gasteiger partial charge >= 0.3 is 0 Å². The number of nitriles is 1. The summed E-state index contributed by atoms with van der Waals surface area (Å²) in [6, 6.07) is 13.4. The second-order valence-corrected chi connectivity index (χ2v) is 11.0. The molecular formula is C31H31N9O. The molecule has 206 valence electrons. The van der Waals surface area contributed by atoms with Crippen LogP contribution in [0.25, 0.3) is 16.6 Å². The molecule has 0 radical (unpaired) electrons. The first-order valence-electron chi connectivity index (χ1n) is 14.0. The normalized spacial score (nSPS) is 21.0. The van der Waals surface area contributed by atoms with Gasteiger partial charge in [-0.3, -0.25) is 4.90 Å². The van der Waals surface area contributed by atoms with Gasteiger partial charge in [0.2, 0.25) is 5.88 Å². The standard InChI is InChI=1S/C31H31N9O/c1-41-30-7-4-20(13-36-30)16-39-25-11-26(39)19-38(18-25)29-6-5-21(14-35-29)27-9-22(28(33)10-24-3-2-8-34-24)17-40-31(27)23(12-32)15-37-40/h4-7,9-10,13-15,17,25-26,33-34H,2-3,8,11,16,18-19H2,1H3/b24-10-,33-28?. The van der Waals surface area contributed by atoms with E-state index in [0.717, 1.165) is 72.7 Å². The van der Waals surface area contributed by atoms with Gasteiger partial charge in [0.05, 0.1) is 30.1 Å². The first kappa shape index (κ1) is 25.2. The van der Waals surface area contributed by atoms with Gasteiger partial charge in [0.25, 0.3) is 0 Å². The van der Waals surface area contributed by atoms with Crippen molar-refractivity contribution in [3.63, 3.8) is 0 Å². The molecule has 41 heavy (non-hydrogen) atoms. The Morgan fingerprint density at radius 2 is 2.05 bits per heavy atom. The number of hydrogen-bond acceptors (Lipinski definition) is 9. The molecule has 2 unspecified atom stereocenters. The van der Waals surface area contributed by atoms with Gasteiger partial charge in [0.1, 0.15) is 11.9 Å². The molecule has 0 spiro atoms. The van der Waals surface area contributed by atoms with Gasteiger partial charge in [-0.25, -0.2) is 14.5 Å². The molecule has 0 aliphatic carbocycles. The van der Waals surface area contributed by atoms with Crippen LogP contribution in [0.4, 0.5) is 5.82 Å². The number of rotatable bonds is 7. The number of pyridine rings is 3. The second kappa shape index (κ2) is 10.3. The zero-order valence-corrected chi connectivity index (χ0v) is 22.9. The Kier molecular flexibility index (Phi) is 6.36. The molecule has 8 rings (SSSR count). The number of ether oxygens (including phenoxy) is 1. The summed E-state index contributed by atoms with van der Waals surface area (Å²) in [4.78, 5) is 14.1. The lowest BCUT2D eigenvalue weighted by atomic mass is 9.87. The van der Waals surface area contributed by atoms with E-state index in [1.807, 2.05) is 36.8 Å². The van der Waals surface area contributed by atoms with E-state index in [2.05, 4.69) is 49.5 Å². The van der Waals surface area contributed by atoms with Crippen molar-refractivity contribution < 1.29 is 4.74 Å². The zero-order valence-electron chi connectivity index (χ0n) is 22.9. The van der Waals surface area contributed by atoms with E-state index in [4.69, 9.17) is 15.1 Å². The summed E-state index contributed by atoms with van der Waals surface area (Å²) in [5.41, 5.74) is 6.42. The van der Waals surface area contributed by atoms with Crippen LogP contribution in [0.1, 0.15) is 36.0 Å². The molecule has 4 aliphatic rings. The van der Waals surface area contributed by atoms with Crippen molar-refractivity contribution in [2.24, 2.45) is 0 Å². The van der Waals surface area contributed by atoms with Crippen LogP contribution in [-0.2, 0) is 6.54 Å². The number of piperazine rings is 1. The average molecular weight is 546 g/mol. The van der Waals surface area contributed by atoms with Crippen LogP contribution in [0.3, 0.4) is 0 Å². The monoisotopic (exact) mass is 545 g/mol. The highest BCUT2D eigenvalue weighted by molar-refractivity contribution is 6.08. The van der Waals surface area contributed by atoms with Gasteiger partial charge in [-0.2, -0.15) is 10.4 Å². The van der Waals surface area contributed by atoms with Gasteiger partial charge in [-0.05, 0) is 49.1 Å². The Balaban J connectivity index is 1.11. The lowest BCUT2D eigenvalue weighted by Crippen LogP contribution is -2.68. The van der Waals surface area contributed by atoms with Gasteiger partial charge in [-0.1, -0.05) is 6.07 Å². The van der Waals surface area contributed by atoms with Crippen molar-refractivity contribution in [2.75, 3.05) is 31.6 Å². The molecule has 4 aliphatic heterocycles. The summed E-state index contributed by atoms with van der Waals surface area (Å²) >= 11 is 0. The molecule has 10 nitrogen and oxygen atoms in total. The number of methoxy groups -OCH3 is 1. The van der Waals surface area contributed by atoms with E-state index in [9.17, 15) is 5.26 Å². The van der Waals surface area contributed by atoms with Gasteiger partial charge in [0.15, 0.2) is 0 Å². The van der Waals surface area contributed by atoms with Crippen LogP contribution < -0.4 is 15.0 Å². The fourth-order valence-corrected chi connectivity index (χ4v) is 6.27. The van der Waals surface area contributed by atoms with Gasteiger partial charge in [-0.15, -0.1) is 0 Å². The maximum absolute atomic E-state index is 9.75. The van der Waals surface area contributed by atoms with Crippen LogP contribution in [0.5, 0.6) is 5.88 Å². The lowest BCUT2D eigenvalue weighted by Gasteiger charge is -2.56. The van der Waals surface area contributed by atoms with E-state index in [0.29, 0.717) is 29.2 Å². The molecule has 2 bridgehead atoms. The summed E-state index contributed by atoms with van der Waals surface area (Å²) in [5, 5.41) is 26.2. The third-order valence-corrected chi connectivity index (χ3v) is 8.44. The van der Waals surface area contributed by atoms with Crippen molar-refractivity contribution in [1.82, 2.24) is 29.8 Å². The zero-order chi connectivity index (χ0) is 27.9. The number of aromatic nitrogens is 4. The summed E-state index contributed by atoms with van der Waals surface area (Å²) < 4.78 is 6.89. The molecular weight excluding hydrogens is 514 g/mol. The molecule has 2 atom stereocenters. The van der Waals surface area contributed by atoms with Crippen LogP contribution >= 0.6 is 0 Å². The molecule has 0 saturated carbocycles. The average Bonchev–Trinajstić information content (AvgIpc) is 3.69. The highest BCUT2D eigenvalue weighted by Crippen LogP contribution is 2.36. The second-order valence-electron chi connectivity index (χ2n) is 11.0. The Labute approximate surface area is 238 Å². The van der Waals surface area contributed by atoms with E-state index in [1.54, 1.807) is 17.8 Å². The molecule has 0 amide bonds. The van der Waals surface area contributed by atoms with Crippen LogP contribution in [0.2, 0.25) is 0 Å². The fraction of sp³-hybridized carbons (Fsp3) is 0.323. The molecule has 0 aromatic carbocycles. The number of nitrogens with zero attached hydrogens (tertiary/aromatic N) is 7. The molecule has 4 fully saturated rings. The fourth-order valence-electron chi connectivity index (χ4n) is 6.27. The quantitative estimate of drug-likeness (QED) is 0.337. The first-order chi connectivity index (χ1) is 20.1. The number of fused-ring (bicyclic) bond motifs is 3. The molecule has 4 saturated heterocycles. The number of allylic oxidation sites excluding steroid dienone is 2. The summed E-state index contributed by atoms with van der Waals surface area (Å²) in [6.45, 7) is 3.72.